The zero-order chi connectivity index (χ0) is 20.1. The van der Waals surface area contributed by atoms with Crippen LogP contribution in [-0.2, 0) is 10.0 Å². The average molecular weight is 416 g/mol. The number of carbonyl (C=O) groups is 1. The standard InChI is InChI=1S/C18H14ClN5O3S/c1-2-11-20-28(26,27)15-9-5-13(6-10-15)17(25)22-18-21-16(23-24-18)12-3-7-14(19)8-4-12/h1,3-10,20H,11H2,(H2,21,22,23,24,25). The fraction of sp³-hybridized carbons (Fsp3) is 0.0556. The van der Waals surface area contributed by atoms with Crippen molar-refractivity contribution in [3.8, 4) is 23.7 Å². The van der Waals surface area contributed by atoms with Crippen molar-refractivity contribution in [1.82, 2.24) is 19.9 Å². The van der Waals surface area contributed by atoms with Gasteiger partial charge in [0.25, 0.3) is 5.91 Å². The maximum Gasteiger partial charge on any atom is 0.258 e. The summed E-state index contributed by atoms with van der Waals surface area (Å²) in [5.41, 5.74) is 1.00. The van der Waals surface area contributed by atoms with E-state index >= 15 is 0 Å². The smallest absolute Gasteiger partial charge is 0.258 e. The molecule has 1 aromatic heterocycles. The molecule has 0 aliphatic rings. The van der Waals surface area contributed by atoms with E-state index in [-0.39, 0.29) is 23.0 Å². The Bertz CT molecular complexity index is 1130. The molecule has 0 spiro atoms. The van der Waals surface area contributed by atoms with E-state index in [1.807, 2.05) is 0 Å². The lowest BCUT2D eigenvalue weighted by molar-refractivity contribution is 0.102. The number of terminal acetylenes is 1. The van der Waals surface area contributed by atoms with Crippen LogP contribution in [0.2, 0.25) is 5.02 Å². The van der Waals surface area contributed by atoms with E-state index in [1.54, 1.807) is 24.3 Å². The first kappa shape index (κ1) is 19.6. The molecule has 10 heteroatoms. The molecular formula is C18H14ClN5O3S. The maximum atomic E-state index is 12.3. The van der Waals surface area contributed by atoms with Crippen LogP contribution in [0.5, 0.6) is 0 Å². The minimum absolute atomic E-state index is 0.00205. The summed E-state index contributed by atoms with van der Waals surface area (Å²) in [6, 6.07) is 12.3. The Morgan fingerprint density at radius 1 is 1.14 bits per heavy atom. The van der Waals surface area contributed by atoms with Gasteiger partial charge in [-0.3, -0.25) is 15.2 Å². The van der Waals surface area contributed by atoms with Gasteiger partial charge in [0.15, 0.2) is 5.82 Å². The molecular weight excluding hydrogens is 402 g/mol. The second kappa shape index (κ2) is 8.22. The van der Waals surface area contributed by atoms with Gasteiger partial charge in [-0.05, 0) is 48.5 Å². The van der Waals surface area contributed by atoms with Gasteiger partial charge in [-0.15, -0.1) is 11.5 Å². The first-order valence-electron chi connectivity index (χ1n) is 7.92. The van der Waals surface area contributed by atoms with Crippen LogP contribution in [-0.4, -0.2) is 36.1 Å². The van der Waals surface area contributed by atoms with Gasteiger partial charge in [-0.1, -0.05) is 17.5 Å². The number of sulfonamides is 1. The number of aromatic nitrogens is 3. The van der Waals surface area contributed by atoms with Gasteiger partial charge < -0.3 is 0 Å². The molecule has 28 heavy (non-hydrogen) atoms. The van der Waals surface area contributed by atoms with Gasteiger partial charge in [0.05, 0.1) is 11.4 Å². The number of hydrogen-bond acceptors (Lipinski definition) is 5. The number of halogens is 1. The fourth-order valence-electron chi connectivity index (χ4n) is 2.23. The Kier molecular flexibility index (Phi) is 5.75. The number of rotatable bonds is 6. The molecule has 3 N–H and O–H groups in total. The molecule has 0 bridgehead atoms. The number of carbonyl (C=O) groups excluding carboxylic acids is 1. The summed E-state index contributed by atoms with van der Waals surface area (Å²) in [6.07, 6.45) is 5.05. The lowest BCUT2D eigenvalue weighted by Gasteiger charge is -2.05. The second-order valence-corrected chi connectivity index (χ2v) is 7.73. The third-order valence-electron chi connectivity index (χ3n) is 3.62. The summed E-state index contributed by atoms with van der Waals surface area (Å²) < 4.78 is 26.2. The van der Waals surface area contributed by atoms with E-state index in [1.165, 1.54) is 24.3 Å². The summed E-state index contributed by atoms with van der Waals surface area (Å²) in [5, 5.41) is 9.81. The Morgan fingerprint density at radius 3 is 2.46 bits per heavy atom. The Balaban J connectivity index is 1.70. The van der Waals surface area contributed by atoms with Crippen LogP contribution in [0.25, 0.3) is 11.4 Å². The molecule has 0 atom stereocenters. The van der Waals surface area contributed by atoms with Crippen molar-refractivity contribution in [2.45, 2.75) is 4.90 Å². The lowest BCUT2D eigenvalue weighted by atomic mass is 10.2. The van der Waals surface area contributed by atoms with E-state index < -0.39 is 15.9 Å². The zero-order valence-electron chi connectivity index (χ0n) is 14.3. The molecule has 0 saturated heterocycles. The van der Waals surface area contributed by atoms with Crippen molar-refractivity contribution < 1.29 is 13.2 Å². The Morgan fingerprint density at radius 2 is 1.82 bits per heavy atom. The van der Waals surface area contributed by atoms with Gasteiger partial charge in [0.2, 0.25) is 16.0 Å². The third-order valence-corrected chi connectivity index (χ3v) is 5.29. The highest BCUT2D eigenvalue weighted by atomic mass is 35.5. The fourth-order valence-corrected chi connectivity index (χ4v) is 3.29. The van der Waals surface area contributed by atoms with E-state index in [0.29, 0.717) is 10.8 Å². The SMILES string of the molecule is C#CCNS(=O)(=O)c1ccc(C(=O)Nc2n[nH]c(-c3ccc(Cl)cc3)n2)cc1. The van der Waals surface area contributed by atoms with Gasteiger partial charge in [-0.25, -0.2) is 8.42 Å². The van der Waals surface area contributed by atoms with Gasteiger partial charge in [0, 0.05) is 16.1 Å². The molecule has 1 amide bonds. The lowest BCUT2D eigenvalue weighted by Crippen LogP contribution is -2.24. The number of amides is 1. The number of aromatic amines is 1. The van der Waals surface area contributed by atoms with Gasteiger partial charge in [-0.2, -0.15) is 9.71 Å². The number of benzene rings is 2. The highest BCUT2D eigenvalue weighted by Crippen LogP contribution is 2.19. The molecule has 0 unspecified atom stereocenters. The molecule has 1 heterocycles. The first-order valence-corrected chi connectivity index (χ1v) is 9.78. The predicted octanol–water partition coefficient (Wildman–Crippen LogP) is 2.29. The zero-order valence-corrected chi connectivity index (χ0v) is 15.9. The largest absolute Gasteiger partial charge is 0.289 e. The van der Waals surface area contributed by atoms with Crippen LogP contribution in [0.1, 0.15) is 10.4 Å². The van der Waals surface area contributed by atoms with Crippen molar-refractivity contribution in [1.29, 1.82) is 0 Å². The molecule has 142 valence electrons. The number of nitrogens with zero attached hydrogens (tertiary/aromatic N) is 2. The molecule has 8 nitrogen and oxygen atoms in total. The highest BCUT2D eigenvalue weighted by Gasteiger charge is 2.15. The number of nitrogens with one attached hydrogen (secondary N) is 3. The number of H-pyrrole nitrogens is 1. The highest BCUT2D eigenvalue weighted by molar-refractivity contribution is 7.89. The maximum absolute atomic E-state index is 12.3. The second-order valence-electron chi connectivity index (χ2n) is 5.52. The van der Waals surface area contributed by atoms with E-state index in [9.17, 15) is 13.2 Å². The summed E-state index contributed by atoms with van der Waals surface area (Å²) in [6.45, 7) is -0.120. The van der Waals surface area contributed by atoms with Crippen LogP contribution in [0.4, 0.5) is 5.95 Å². The predicted molar refractivity (Wildman–Crippen MR) is 105 cm³/mol. The van der Waals surface area contributed by atoms with Crippen molar-refractivity contribution in [3.05, 3.63) is 59.1 Å². The molecule has 0 fully saturated rings. The normalized spacial score (nSPS) is 11.0. The van der Waals surface area contributed by atoms with Crippen LogP contribution in [0, 0.1) is 12.3 Å². The molecule has 0 aliphatic carbocycles. The monoisotopic (exact) mass is 415 g/mol. The van der Waals surface area contributed by atoms with Gasteiger partial charge in [0.1, 0.15) is 0 Å². The summed E-state index contributed by atoms with van der Waals surface area (Å²) >= 11 is 5.85. The summed E-state index contributed by atoms with van der Waals surface area (Å²) in [4.78, 5) is 16.5. The van der Waals surface area contributed by atoms with E-state index in [2.05, 4.69) is 31.1 Å². The minimum atomic E-state index is -3.72. The van der Waals surface area contributed by atoms with Crippen LogP contribution < -0.4 is 10.0 Å². The minimum Gasteiger partial charge on any atom is -0.289 e. The van der Waals surface area contributed by atoms with Crippen molar-refractivity contribution in [3.63, 3.8) is 0 Å². The van der Waals surface area contributed by atoms with Crippen LogP contribution in [0.15, 0.2) is 53.4 Å². The van der Waals surface area contributed by atoms with Crippen molar-refractivity contribution in [2.75, 3.05) is 11.9 Å². The quantitative estimate of drug-likeness (QED) is 0.534. The molecule has 3 aromatic rings. The molecule has 0 radical (unpaired) electrons. The summed E-state index contributed by atoms with van der Waals surface area (Å²) in [7, 11) is -3.72. The third kappa shape index (κ3) is 4.55. The van der Waals surface area contributed by atoms with Gasteiger partial charge >= 0.3 is 0 Å². The molecule has 0 saturated carbocycles. The van der Waals surface area contributed by atoms with Crippen LogP contribution in [0.3, 0.4) is 0 Å². The van der Waals surface area contributed by atoms with E-state index in [4.69, 9.17) is 18.0 Å². The molecule has 0 aliphatic heterocycles. The summed E-state index contributed by atoms with van der Waals surface area (Å²) in [5.74, 6) is 2.26. The van der Waals surface area contributed by atoms with Crippen molar-refractivity contribution in [2.24, 2.45) is 0 Å². The van der Waals surface area contributed by atoms with E-state index in [0.717, 1.165) is 5.56 Å². The average Bonchev–Trinajstić information content (AvgIpc) is 3.15. The number of hydrogen-bond donors (Lipinski definition) is 3. The molecule has 3 rings (SSSR count). The molecule has 2 aromatic carbocycles. The van der Waals surface area contributed by atoms with Crippen LogP contribution >= 0.6 is 11.6 Å². The Hall–Kier alpha value is -3.19. The first-order chi connectivity index (χ1) is 13.4. The Labute approximate surface area is 166 Å². The topological polar surface area (TPSA) is 117 Å². The van der Waals surface area contributed by atoms with Crippen molar-refractivity contribution >= 4 is 33.5 Å². The number of anilines is 1.